The highest BCUT2D eigenvalue weighted by Gasteiger charge is 2.00. The van der Waals surface area contributed by atoms with Gasteiger partial charge in [-0.05, 0) is 12.5 Å². The van der Waals surface area contributed by atoms with Crippen LogP contribution in [0.1, 0.15) is 19.2 Å². The van der Waals surface area contributed by atoms with Crippen LogP contribution in [0.2, 0.25) is 0 Å². The molecule has 2 aromatic rings. The summed E-state index contributed by atoms with van der Waals surface area (Å²) in [5, 5.41) is 9.86. The second kappa shape index (κ2) is 6.53. The van der Waals surface area contributed by atoms with E-state index in [1.165, 1.54) is 6.33 Å². The lowest BCUT2D eigenvalue weighted by Gasteiger charge is -2.06. The van der Waals surface area contributed by atoms with Crippen LogP contribution < -0.4 is 10.6 Å². The molecule has 2 N–H and O–H groups in total. The number of hydrogen-bond acceptors (Lipinski definition) is 7. The fourth-order valence-corrected chi connectivity index (χ4v) is 1.38. The van der Waals surface area contributed by atoms with Gasteiger partial charge in [0.25, 0.3) is 0 Å². The maximum Gasteiger partial charge on any atom is 0.228 e. The van der Waals surface area contributed by atoms with Gasteiger partial charge in [0, 0.05) is 25.7 Å². The maximum atomic E-state index is 4.90. The van der Waals surface area contributed by atoms with E-state index >= 15 is 0 Å². The summed E-state index contributed by atoms with van der Waals surface area (Å²) in [5.41, 5.74) is 0. The summed E-state index contributed by atoms with van der Waals surface area (Å²) in [6.45, 7) is 3.65. The number of hydrogen-bond donors (Lipinski definition) is 2. The zero-order valence-corrected chi connectivity index (χ0v) is 10.3. The molecule has 0 amide bonds. The van der Waals surface area contributed by atoms with Crippen LogP contribution in [-0.2, 0) is 6.42 Å². The lowest BCUT2D eigenvalue weighted by molar-refractivity contribution is 0.379. The number of nitrogens with one attached hydrogen (secondary N) is 2. The first-order valence-electron chi connectivity index (χ1n) is 5.95. The van der Waals surface area contributed by atoms with E-state index in [4.69, 9.17) is 4.52 Å². The van der Waals surface area contributed by atoms with Crippen molar-refractivity contribution in [1.29, 1.82) is 0 Å². The van der Waals surface area contributed by atoms with Crippen molar-refractivity contribution in [2.75, 3.05) is 23.7 Å². The molecule has 18 heavy (non-hydrogen) atoms. The van der Waals surface area contributed by atoms with Crippen LogP contribution >= 0.6 is 0 Å². The summed E-state index contributed by atoms with van der Waals surface area (Å²) < 4.78 is 4.90. The summed E-state index contributed by atoms with van der Waals surface area (Å²) >= 11 is 0. The Kier molecular flexibility index (Phi) is 4.46. The Morgan fingerprint density at radius 3 is 2.94 bits per heavy atom. The molecule has 0 aromatic carbocycles. The first kappa shape index (κ1) is 12.3. The zero-order chi connectivity index (χ0) is 12.6. The van der Waals surface area contributed by atoms with Gasteiger partial charge < -0.3 is 15.2 Å². The van der Waals surface area contributed by atoms with E-state index in [0.717, 1.165) is 18.8 Å². The van der Waals surface area contributed by atoms with Crippen LogP contribution in [0.5, 0.6) is 0 Å². The predicted molar refractivity (Wildman–Crippen MR) is 67.3 cm³/mol. The SMILES string of the molecule is CCCNc1nccc(NCCc2ncno2)n1. The van der Waals surface area contributed by atoms with Crippen molar-refractivity contribution in [3.8, 4) is 0 Å². The number of nitrogens with zero attached hydrogens (tertiary/aromatic N) is 4. The molecule has 0 atom stereocenters. The molecular formula is C11H16N6O. The number of aromatic nitrogens is 4. The lowest BCUT2D eigenvalue weighted by atomic mass is 10.4. The first-order chi connectivity index (χ1) is 8.88. The molecule has 0 saturated heterocycles. The average Bonchev–Trinajstić information content (AvgIpc) is 2.90. The Labute approximate surface area is 105 Å². The molecule has 0 aliphatic rings. The second-order valence-corrected chi connectivity index (χ2v) is 3.70. The second-order valence-electron chi connectivity index (χ2n) is 3.70. The normalized spacial score (nSPS) is 10.3. The van der Waals surface area contributed by atoms with Crippen molar-refractivity contribution >= 4 is 11.8 Å². The minimum atomic E-state index is 0.612. The first-order valence-corrected chi connectivity index (χ1v) is 5.95. The van der Waals surface area contributed by atoms with Crippen LogP contribution in [-0.4, -0.2) is 33.2 Å². The Morgan fingerprint density at radius 1 is 1.22 bits per heavy atom. The van der Waals surface area contributed by atoms with E-state index in [0.29, 0.717) is 24.8 Å². The third kappa shape index (κ3) is 3.69. The zero-order valence-electron chi connectivity index (χ0n) is 10.3. The van der Waals surface area contributed by atoms with Crippen molar-refractivity contribution in [2.45, 2.75) is 19.8 Å². The van der Waals surface area contributed by atoms with Crippen molar-refractivity contribution in [3.63, 3.8) is 0 Å². The van der Waals surface area contributed by atoms with E-state index in [-0.39, 0.29) is 0 Å². The van der Waals surface area contributed by atoms with Gasteiger partial charge in [-0.3, -0.25) is 0 Å². The molecule has 0 fully saturated rings. The summed E-state index contributed by atoms with van der Waals surface area (Å²) in [6, 6.07) is 1.82. The fourth-order valence-electron chi connectivity index (χ4n) is 1.38. The van der Waals surface area contributed by atoms with Crippen molar-refractivity contribution < 1.29 is 4.52 Å². The smallest absolute Gasteiger partial charge is 0.228 e. The molecule has 0 spiro atoms. The van der Waals surface area contributed by atoms with E-state index < -0.39 is 0 Å². The molecule has 7 nitrogen and oxygen atoms in total. The number of rotatable bonds is 7. The molecule has 0 aliphatic carbocycles. The molecule has 2 rings (SSSR count). The lowest BCUT2D eigenvalue weighted by Crippen LogP contribution is -2.09. The van der Waals surface area contributed by atoms with Gasteiger partial charge in [0.15, 0.2) is 6.33 Å². The molecule has 2 aromatic heterocycles. The highest BCUT2D eigenvalue weighted by molar-refractivity contribution is 5.39. The molecule has 0 bridgehead atoms. The van der Waals surface area contributed by atoms with Crippen LogP contribution in [0.3, 0.4) is 0 Å². The van der Waals surface area contributed by atoms with E-state index in [9.17, 15) is 0 Å². The van der Waals surface area contributed by atoms with Crippen molar-refractivity contribution in [3.05, 3.63) is 24.5 Å². The summed E-state index contributed by atoms with van der Waals surface area (Å²) in [6.07, 6.45) is 4.83. The molecule has 7 heteroatoms. The molecular weight excluding hydrogens is 232 g/mol. The van der Waals surface area contributed by atoms with Crippen molar-refractivity contribution in [1.82, 2.24) is 20.1 Å². The average molecular weight is 248 g/mol. The Morgan fingerprint density at radius 2 is 2.17 bits per heavy atom. The van der Waals surface area contributed by atoms with Gasteiger partial charge in [-0.1, -0.05) is 12.1 Å². The van der Waals surface area contributed by atoms with E-state index in [1.54, 1.807) is 6.20 Å². The Hall–Kier alpha value is -2.18. The maximum absolute atomic E-state index is 4.90. The van der Waals surface area contributed by atoms with Crippen LogP contribution in [0.25, 0.3) is 0 Å². The minimum Gasteiger partial charge on any atom is -0.369 e. The summed E-state index contributed by atoms with van der Waals surface area (Å²) in [5.74, 6) is 2.03. The summed E-state index contributed by atoms with van der Waals surface area (Å²) in [4.78, 5) is 12.4. The van der Waals surface area contributed by atoms with Gasteiger partial charge in [-0.2, -0.15) is 9.97 Å². The van der Waals surface area contributed by atoms with Gasteiger partial charge in [-0.15, -0.1) is 0 Å². The van der Waals surface area contributed by atoms with Gasteiger partial charge in [-0.25, -0.2) is 4.98 Å². The highest BCUT2D eigenvalue weighted by Crippen LogP contribution is 2.05. The molecule has 0 unspecified atom stereocenters. The van der Waals surface area contributed by atoms with Gasteiger partial charge in [0.05, 0.1) is 0 Å². The molecule has 0 saturated carbocycles. The molecule has 0 aliphatic heterocycles. The van der Waals surface area contributed by atoms with Crippen LogP contribution in [0.15, 0.2) is 23.1 Å². The quantitative estimate of drug-likeness (QED) is 0.764. The highest BCUT2D eigenvalue weighted by atomic mass is 16.5. The number of anilines is 2. The molecule has 0 radical (unpaired) electrons. The standard InChI is InChI=1S/C11H16N6O/c1-2-5-13-11-14-6-3-9(17-11)12-7-4-10-15-8-16-18-10/h3,6,8H,2,4-5,7H2,1H3,(H2,12,13,14,17). The van der Waals surface area contributed by atoms with E-state index in [1.807, 2.05) is 6.07 Å². The monoisotopic (exact) mass is 248 g/mol. The van der Waals surface area contributed by atoms with E-state index in [2.05, 4.69) is 37.7 Å². The molecule has 96 valence electrons. The minimum absolute atomic E-state index is 0.612. The topological polar surface area (TPSA) is 88.8 Å². The summed E-state index contributed by atoms with van der Waals surface area (Å²) in [7, 11) is 0. The largest absolute Gasteiger partial charge is 0.369 e. The van der Waals surface area contributed by atoms with Gasteiger partial charge in [0.2, 0.25) is 11.8 Å². The Balaban J connectivity index is 1.81. The third-order valence-electron chi connectivity index (χ3n) is 2.24. The van der Waals surface area contributed by atoms with Crippen LogP contribution in [0.4, 0.5) is 11.8 Å². The predicted octanol–water partition coefficient (Wildman–Crippen LogP) is 1.34. The third-order valence-corrected chi connectivity index (χ3v) is 2.24. The van der Waals surface area contributed by atoms with Crippen LogP contribution in [0, 0.1) is 0 Å². The fraction of sp³-hybridized carbons (Fsp3) is 0.455. The van der Waals surface area contributed by atoms with Gasteiger partial charge in [0.1, 0.15) is 5.82 Å². The Bertz CT molecular complexity index is 458. The van der Waals surface area contributed by atoms with Crippen molar-refractivity contribution in [2.24, 2.45) is 0 Å². The van der Waals surface area contributed by atoms with Gasteiger partial charge >= 0.3 is 0 Å². The molecule has 2 heterocycles.